The number of hydrogen-bond acceptors (Lipinski definition) is 4. The molecule has 0 spiro atoms. The molecule has 0 unspecified atom stereocenters. The van der Waals surface area contributed by atoms with Gasteiger partial charge in [-0.1, -0.05) is 32.0 Å². The fraction of sp³-hybridized carbons (Fsp3) is 0.273. The number of benzene rings is 1. The number of carbonyl (C=O) groups excluding carboxylic acids is 1. The summed E-state index contributed by atoms with van der Waals surface area (Å²) in [6.45, 7) is 5.54. The minimum Gasteiger partial charge on any atom is -0.478 e. The average Bonchev–Trinajstić information content (AvgIpc) is 3.20. The van der Waals surface area contributed by atoms with E-state index in [1.165, 1.54) is 12.3 Å². The maximum atomic E-state index is 12.3. The molecule has 0 fully saturated rings. The Balaban J connectivity index is 1.57. The summed E-state index contributed by atoms with van der Waals surface area (Å²) in [7, 11) is 0. The van der Waals surface area contributed by atoms with Gasteiger partial charge in [0.1, 0.15) is 5.82 Å². The molecule has 150 valence electrons. The molecule has 0 aliphatic heterocycles. The van der Waals surface area contributed by atoms with Gasteiger partial charge in [0.2, 0.25) is 0 Å². The molecule has 0 aliphatic carbocycles. The molecule has 1 amide bonds. The van der Waals surface area contributed by atoms with E-state index < -0.39 is 5.97 Å². The first kappa shape index (κ1) is 20.3. The minimum absolute atomic E-state index is 0.178. The lowest BCUT2D eigenvalue weighted by Crippen LogP contribution is -2.25. The Bertz CT molecular complexity index is 993. The number of nitrogens with one attached hydrogen (secondary N) is 1. The van der Waals surface area contributed by atoms with Crippen molar-refractivity contribution in [2.75, 3.05) is 6.54 Å². The molecule has 2 N–H and O–H groups in total. The number of amides is 1. The lowest BCUT2D eigenvalue weighted by atomic mass is 10.0. The van der Waals surface area contributed by atoms with Crippen molar-refractivity contribution in [1.29, 1.82) is 0 Å². The molecular weight excluding hydrogens is 368 g/mol. The summed E-state index contributed by atoms with van der Waals surface area (Å²) in [6.07, 6.45) is 6.01. The third-order valence-corrected chi connectivity index (χ3v) is 4.58. The third kappa shape index (κ3) is 4.87. The van der Waals surface area contributed by atoms with Crippen molar-refractivity contribution in [1.82, 2.24) is 19.9 Å². The van der Waals surface area contributed by atoms with Crippen molar-refractivity contribution in [3.63, 3.8) is 0 Å². The van der Waals surface area contributed by atoms with Crippen LogP contribution in [-0.2, 0) is 6.54 Å². The van der Waals surface area contributed by atoms with Crippen LogP contribution in [0.4, 0.5) is 0 Å². The number of carbonyl (C=O) groups is 2. The first-order valence-electron chi connectivity index (χ1n) is 9.55. The van der Waals surface area contributed by atoms with Crippen LogP contribution in [0.15, 0.2) is 55.0 Å². The van der Waals surface area contributed by atoms with Gasteiger partial charge < -0.3 is 15.0 Å². The molecule has 0 bridgehead atoms. The van der Waals surface area contributed by atoms with Crippen molar-refractivity contribution in [2.24, 2.45) is 0 Å². The number of carboxylic acids is 1. The van der Waals surface area contributed by atoms with E-state index in [0.29, 0.717) is 29.3 Å². The summed E-state index contributed by atoms with van der Waals surface area (Å²) in [5.41, 5.74) is 1.65. The number of pyridine rings is 1. The summed E-state index contributed by atoms with van der Waals surface area (Å²) < 4.78 is 2.10. The molecule has 29 heavy (non-hydrogen) atoms. The maximum absolute atomic E-state index is 12.3. The van der Waals surface area contributed by atoms with Crippen LogP contribution in [0, 0.1) is 0 Å². The Morgan fingerprint density at radius 1 is 1.14 bits per heavy atom. The smallest absolute Gasteiger partial charge is 0.336 e. The maximum Gasteiger partial charge on any atom is 0.336 e. The quantitative estimate of drug-likeness (QED) is 0.571. The van der Waals surface area contributed by atoms with Crippen LogP contribution in [0.1, 0.15) is 52.7 Å². The molecule has 0 atom stereocenters. The van der Waals surface area contributed by atoms with Crippen LogP contribution in [0.25, 0.3) is 11.3 Å². The molecule has 0 saturated carbocycles. The zero-order valence-corrected chi connectivity index (χ0v) is 16.5. The van der Waals surface area contributed by atoms with E-state index in [2.05, 4.69) is 33.7 Å². The van der Waals surface area contributed by atoms with Gasteiger partial charge in [-0.15, -0.1) is 0 Å². The Hall–Kier alpha value is -3.48. The van der Waals surface area contributed by atoms with Crippen LogP contribution in [-0.4, -0.2) is 38.1 Å². The van der Waals surface area contributed by atoms with Crippen molar-refractivity contribution in [3.8, 4) is 11.3 Å². The fourth-order valence-corrected chi connectivity index (χ4v) is 3.14. The fourth-order valence-electron chi connectivity index (χ4n) is 3.14. The lowest BCUT2D eigenvalue weighted by molar-refractivity contribution is 0.0697. The number of imidazole rings is 1. The van der Waals surface area contributed by atoms with Gasteiger partial charge in [0.05, 0.1) is 16.8 Å². The third-order valence-electron chi connectivity index (χ3n) is 4.58. The Morgan fingerprint density at radius 3 is 2.62 bits per heavy atom. The van der Waals surface area contributed by atoms with E-state index in [1.807, 2.05) is 6.20 Å². The second-order valence-electron chi connectivity index (χ2n) is 7.03. The van der Waals surface area contributed by atoms with Crippen LogP contribution in [0.5, 0.6) is 0 Å². The Kier molecular flexibility index (Phi) is 6.39. The molecule has 0 saturated heterocycles. The number of hydrogen-bond donors (Lipinski definition) is 2. The van der Waals surface area contributed by atoms with Gasteiger partial charge in [0.25, 0.3) is 5.91 Å². The van der Waals surface area contributed by atoms with Crippen LogP contribution in [0.2, 0.25) is 0 Å². The van der Waals surface area contributed by atoms with Crippen molar-refractivity contribution in [2.45, 2.75) is 32.7 Å². The molecule has 0 aliphatic rings. The zero-order valence-electron chi connectivity index (χ0n) is 16.5. The largest absolute Gasteiger partial charge is 0.478 e. The van der Waals surface area contributed by atoms with E-state index in [4.69, 9.17) is 0 Å². The molecule has 0 radical (unpaired) electrons. The van der Waals surface area contributed by atoms with Gasteiger partial charge in [-0.3, -0.25) is 9.78 Å². The number of aromatic nitrogens is 3. The van der Waals surface area contributed by atoms with E-state index in [0.717, 1.165) is 18.8 Å². The van der Waals surface area contributed by atoms with E-state index in [1.54, 1.807) is 36.5 Å². The van der Waals surface area contributed by atoms with Crippen molar-refractivity contribution < 1.29 is 14.7 Å². The molecule has 3 rings (SSSR count). The zero-order chi connectivity index (χ0) is 20.8. The molecular formula is C22H24N4O3. The van der Waals surface area contributed by atoms with Gasteiger partial charge in [-0.05, 0) is 24.6 Å². The number of aromatic carboxylic acids is 1. The molecule has 2 heterocycles. The number of nitrogens with zero attached hydrogens (tertiary/aromatic N) is 3. The SMILES string of the molecule is CC(C)c1nccn1CCCNC(=O)c1ccc(-c2ccccc2C(=O)O)nc1. The highest BCUT2D eigenvalue weighted by molar-refractivity contribution is 5.96. The van der Waals surface area contributed by atoms with Crippen molar-refractivity contribution in [3.05, 3.63) is 71.9 Å². The predicted molar refractivity (Wildman–Crippen MR) is 110 cm³/mol. The van der Waals surface area contributed by atoms with Crippen LogP contribution >= 0.6 is 0 Å². The Labute approximate surface area is 169 Å². The highest BCUT2D eigenvalue weighted by atomic mass is 16.4. The number of carboxylic acid groups (broad SMARTS) is 1. The average molecular weight is 392 g/mol. The number of aryl methyl sites for hydroxylation is 1. The van der Waals surface area contributed by atoms with E-state index in [9.17, 15) is 14.7 Å². The Morgan fingerprint density at radius 2 is 1.93 bits per heavy atom. The topological polar surface area (TPSA) is 97.1 Å². The summed E-state index contributed by atoms with van der Waals surface area (Å²) in [6, 6.07) is 9.98. The summed E-state index contributed by atoms with van der Waals surface area (Å²) in [5.74, 6) is 0.182. The normalized spacial score (nSPS) is 10.9. The van der Waals surface area contributed by atoms with Gasteiger partial charge in [-0.2, -0.15) is 0 Å². The van der Waals surface area contributed by atoms with E-state index >= 15 is 0 Å². The molecule has 3 aromatic rings. The minimum atomic E-state index is -1.01. The number of rotatable bonds is 8. The summed E-state index contributed by atoms with van der Waals surface area (Å²) in [5, 5.41) is 12.2. The van der Waals surface area contributed by atoms with Crippen LogP contribution in [0.3, 0.4) is 0 Å². The van der Waals surface area contributed by atoms with Gasteiger partial charge in [0.15, 0.2) is 0 Å². The standard InChI is InChI=1S/C22H24N4O3/c1-15(2)20-23-11-13-26(20)12-5-10-24-21(27)16-8-9-19(25-14-16)17-6-3-4-7-18(17)22(28)29/h3-4,6-9,11,13-15H,5,10,12H2,1-2H3,(H,24,27)(H,28,29). The van der Waals surface area contributed by atoms with Crippen LogP contribution < -0.4 is 5.32 Å². The highest BCUT2D eigenvalue weighted by Gasteiger charge is 2.13. The first-order valence-corrected chi connectivity index (χ1v) is 9.55. The summed E-state index contributed by atoms with van der Waals surface area (Å²) >= 11 is 0. The van der Waals surface area contributed by atoms with Gasteiger partial charge >= 0.3 is 5.97 Å². The second-order valence-corrected chi connectivity index (χ2v) is 7.03. The molecule has 2 aromatic heterocycles. The van der Waals surface area contributed by atoms with Crippen molar-refractivity contribution >= 4 is 11.9 Å². The molecule has 7 heteroatoms. The predicted octanol–water partition coefficient (Wildman–Crippen LogP) is 3.59. The van der Waals surface area contributed by atoms with Gasteiger partial charge in [0, 0.05) is 43.2 Å². The highest BCUT2D eigenvalue weighted by Crippen LogP contribution is 2.22. The monoisotopic (exact) mass is 392 g/mol. The lowest BCUT2D eigenvalue weighted by Gasteiger charge is -2.11. The second kappa shape index (κ2) is 9.14. The molecule has 7 nitrogen and oxygen atoms in total. The first-order chi connectivity index (χ1) is 14.0. The molecule has 1 aromatic carbocycles. The van der Waals surface area contributed by atoms with E-state index in [-0.39, 0.29) is 11.5 Å². The summed E-state index contributed by atoms with van der Waals surface area (Å²) in [4.78, 5) is 32.3. The van der Waals surface area contributed by atoms with Gasteiger partial charge in [-0.25, -0.2) is 9.78 Å².